The first-order valence-electron chi connectivity index (χ1n) is 7.07. The molecule has 0 aliphatic heterocycles. The number of carbonyl (C=O) groups excluding carboxylic acids is 2. The molecule has 0 saturated heterocycles. The number of primary amides is 1. The summed E-state index contributed by atoms with van der Waals surface area (Å²) in [7, 11) is 1.80. The van der Waals surface area contributed by atoms with Crippen molar-refractivity contribution in [3.05, 3.63) is 70.7 Å². The summed E-state index contributed by atoms with van der Waals surface area (Å²) < 4.78 is 0. The molecule has 3 N–H and O–H groups in total. The van der Waals surface area contributed by atoms with Crippen molar-refractivity contribution < 1.29 is 9.59 Å². The summed E-state index contributed by atoms with van der Waals surface area (Å²) in [5, 5.41) is 2.78. The first kappa shape index (κ1) is 17.0. The van der Waals surface area contributed by atoms with Crippen LogP contribution in [0, 0.1) is 0 Å². The minimum atomic E-state index is -0.868. The van der Waals surface area contributed by atoms with Gasteiger partial charge in [0.1, 0.15) is 6.04 Å². The molecule has 6 heteroatoms. The maximum Gasteiger partial charge on any atom is 0.318 e. The molecule has 0 aromatic heterocycles. The lowest BCUT2D eigenvalue weighted by molar-refractivity contribution is -0.125. The van der Waals surface area contributed by atoms with E-state index < -0.39 is 18.0 Å². The van der Waals surface area contributed by atoms with Gasteiger partial charge in [0.15, 0.2) is 0 Å². The molecule has 1 atom stereocenters. The number of hydrogen-bond acceptors (Lipinski definition) is 3. The van der Waals surface area contributed by atoms with Crippen LogP contribution in [-0.2, 0) is 11.3 Å². The van der Waals surface area contributed by atoms with Crippen molar-refractivity contribution in [3.63, 3.8) is 0 Å². The highest BCUT2D eigenvalue weighted by Gasteiger charge is 2.26. The summed E-state index contributed by atoms with van der Waals surface area (Å²) >= 11 is 6.00. The van der Waals surface area contributed by atoms with Gasteiger partial charge in [-0.25, -0.2) is 4.79 Å². The third-order valence-electron chi connectivity index (χ3n) is 3.37. The van der Waals surface area contributed by atoms with Gasteiger partial charge in [0.25, 0.3) is 0 Å². The third-order valence-corrected chi connectivity index (χ3v) is 3.61. The van der Waals surface area contributed by atoms with Gasteiger partial charge < -0.3 is 5.73 Å². The summed E-state index contributed by atoms with van der Waals surface area (Å²) in [5.41, 5.74) is 6.81. The fourth-order valence-corrected chi connectivity index (χ4v) is 2.66. The Hall–Kier alpha value is -2.37. The number of imide groups is 1. The van der Waals surface area contributed by atoms with Gasteiger partial charge in [-0.15, -0.1) is 0 Å². The summed E-state index contributed by atoms with van der Waals surface area (Å²) in [5.74, 6) is -0.465. The molecule has 0 unspecified atom stereocenters. The van der Waals surface area contributed by atoms with Gasteiger partial charge in [0.2, 0.25) is 5.91 Å². The highest BCUT2D eigenvalue weighted by atomic mass is 35.5. The summed E-state index contributed by atoms with van der Waals surface area (Å²) in [6, 6.07) is 15.1. The lowest BCUT2D eigenvalue weighted by atomic mass is 10.0. The van der Waals surface area contributed by atoms with Gasteiger partial charge in [0, 0.05) is 11.6 Å². The van der Waals surface area contributed by atoms with E-state index in [0.29, 0.717) is 11.6 Å². The highest BCUT2D eigenvalue weighted by molar-refractivity contribution is 6.30. The number of benzene rings is 2. The average molecular weight is 332 g/mol. The maximum absolute atomic E-state index is 12.4. The average Bonchev–Trinajstić information content (AvgIpc) is 2.47. The number of halogens is 1. The Morgan fingerprint density at radius 2 is 1.87 bits per heavy atom. The molecule has 0 aliphatic carbocycles. The normalized spacial score (nSPS) is 12.0. The van der Waals surface area contributed by atoms with Crippen molar-refractivity contribution in [3.8, 4) is 0 Å². The van der Waals surface area contributed by atoms with E-state index in [1.807, 2.05) is 53.4 Å². The van der Waals surface area contributed by atoms with Crippen LogP contribution >= 0.6 is 11.6 Å². The molecule has 0 aliphatic rings. The molecular weight excluding hydrogens is 314 g/mol. The van der Waals surface area contributed by atoms with E-state index in [0.717, 1.165) is 11.1 Å². The zero-order valence-electron chi connectivity index (χ0n) is 12.7. The van der Waals surface area contributed by atoms with Crippen LogP contribution < -0.4 is 11.1 Å². The molecule has 120 valence electrons. The van der Waals surface area contributed by atoms with Gasteiger partial charge in [-0.1, -0.05) is 54.1 Å². The Balaban J connectivity index is 2.25. The van der Waals surface area contributed by atoms with Gasteiger partial charge >= 0.3 is 6.03 Å². The number of rotatable bonds is 5. The van der Waals surface area contributed by atoms with E-state index in [2.05, 4.69) is 5.32 Å². The molecule has 23 heavy (non-hydrogen) atoms. The number of urea groups is 1. The third kappa shape index (κ3) is 4.81. The minimum Gasteiger partial charge on any atom is -0.351 e. The fraction of sp³-hybridized carbons (Fsp3) is 0.176. The van der Waals surface area contributed by atoms with E-state index in [9.17, 15) is 9.59 Å². The number of likely N-dealkylation sites (N-methyl/N-ethyl adjacent to an activating group) is 1. The van der Waals surface area contributed by atoms with Crippen molar-refractivity contribution in [1.82, 2.24) is 10.2 Å². The van der Waals surface area contributed by atoms with Crippen LogP contribution in [-0.4, -0.2) is 23.9 Å². The van der Waals surface area contributed by atoms with Crippen LogP contribution in [0.2, 0.25) is 5.02 Å². The van der Waals surface area contributed by atoms with E-state index in [1.165, 1.54) is 0 Å². The maximum atomic E-state index is 12.4. The van der Waals surface area contributed by atoms with Gasteiger partial charge in [-0.05, 0) is 30.3 Å². The molecular formula is C17H18ClN3O2. The molecule has 2 aromatic rings. The van der Waals surface area contributed by atoms with Gasteiger partial charge in [0.05, 0.1) is 0 Å². The number of hydrogen-bond donors (Lipinski definition) is 2. The van der Waals surface area contributed by atoms with Crippen LogP contribution in [0.3, 0.4) is 0 Å². The number of amides is 3. The Kier molecular flexibility index (Phi) is 5.73. The van der Waals surface area contributed by atoms with E-state index in [1.54, 1.807) is 13.1 Å². The molecule has 0 heterocycles. The van der Waals surface area contributed by atoms with E-state index in [4.69, 9.17) is 17.3 Å². The van der Waals surface area contributed by atoms with Crippen LogP contribution in [0.1, 0.15) is 17.2 Å². The lowest BCUT2D eigenvalue weighted by Crippen LogP contribution is -2.43. The van der Waals surface area contributed by atoms with Crippen LogP contribution in [0.15, 0.2) is 54.6 Å². The fourth-order valence-electron chi connectivity index (χ4n) is 2.45. The van der Waals surface area contributed by atoms with Crippen LogP contribution in [0.4, 0.5) is 4.79 Å². The van der Waals surface area contributed by atoms with Crippen LogP contribution in [0.5, 0.6) is 0 Å². The monoisotopic (exact) mass is 331 g/mol. The highest BCUT2D eigenvalue weighted by Crippen LogP contribution is 2.22. The van der Waals surface area contributed by atoms with E-state index >= 15 is 0 Å². The molecule has 2 rings (SSSR count). The van der Waals surface area contributed by atoms with Crippen molar-refractivity contribution in [1.29, 1.82) is 0 Å². The second kappa shape index (κ2) is 7.76. The number of nitrogens with zero attached hydrogens (tertiary/aromatic N) is 1. The minimum absolute atomic E-state index is 0.465. The summed E-state index contributed by atoms with van der Waals surface area (Å²) in [6.45, 7) is 0.492. The van der Waals surface area contributed by atoms with Crippen LogP contribution in [0.25, 0.3) is 0 Å². The molecule has 0 radical (unpaired) electrons. The Morgan fingerprint density at radius 3 is 2.48 bits per heavy atom. The molecule has 5 nitrogen and oxygen atoms in total. The molecule has 0 spiro atoms. The Labute approximate surface area is 140 Å². The first-order valence-corrected chi connectivity index (χ1v) is 7.45. The zero-order chi connectivity index (χ0) is 16.8. The smallest absolute Gasteiger partial charge is 0.318 e. The lowest BCUT2D eigenvalue weighted by Gasteiger charge is -2.27. The second-order valence-corrected chi connectivity index (χ2v) is 5.65. The van der Waals surface area contributed by atoms with Crippen molar-refractivity contribution >= 4 is 23.5 Å². The standard InChI is InChI=1S/C17H18ClN3O2/c1-21(11-12-6-5-9-14(18)10-12)15(16(22)20-17(19)23)13-7-3-2-4-8-13/h2-10,15H,11H2,1H3,(H3,19,20,22,23)/t15-/m0/s1. The summed E-state index contributed by atoms with van der Waals surface area (Å²) in [4.78, 5) is 25.2. The van der Waals surface area contributed by atoms with Gasteiger partial charge in [-0.2, -0.15) is 0 Å². The molecule has 0 fully saturated rings. The zero-order valence-corrected chi connectivity index (χ0v) is 13.5. The number of nitrogens with two attached hydrogens (primary N) is 1. The van der Waals surface area contributed by atoms with Crippen molar-refractivity contribution in [2.45, 2.75) is 12.6 Å². The predicted octanol–water partition coefficient (Wildman–Crippen LogP) is 2.71. The molecule has 3 amide bonds. The largest absolute Gasteiger partial charge is 0.351 e. The predicted molar refractivity (Wildman–Crippen MR) is 89.8 cm³/mol. The number of nitrogens with one attached hydrogen (secondary N) is 1. The molecule has 2 aromatic carbocycles. The summed E-state index contributed by atoms with van der Waals surface area (Å²) in [6.07, 6.45) is 0. The second-order valence-electron chi connectivity index (χ2n) is 5.21. The Morgan fingerprint density at radius 1 is 1.17 bits per heavy atom. The first-order chi connectivity index (χ1) is 11.0. The Bertz CT molecular complexity index is 691. The topological polar surface area (TPSA) is 75.4 Å². The van der Waals surface area contributed by atoms with Crippen molar-refractivity contribution in [2.24, 2.45) is 5.73 Å². The quantitative estimate of drug-likeness (QED) is 0.884. The van der Waals surface area contributed by atoms with Crippen molar-refractivity contribution in [2.75, 3.05) is 7.05 Å². The van der Waals surface area contributed by atoms with Gasteiger partial charge in [-0.3, -0.25) is 15.0 Å². The van der Waals surface area contributed by atoms with E-state index in [-0.39, 0.29) is 0 Å². The number of carbonyl (C=O) groups is 2. The molecule has 0 bridgehead atoms. The SMILES string of the molecule is CN(Cc1cccc(Cl)c1)[C@H](C(=O)NC(N)=O)c1ccccc1. The molecule has 0 saturated carbocycles.